The minimum atomic E-state index is -0.921. The highest BCUT2D eigenvalue weighted by molar-refractivity contribution is 7.10. The van der Waals surface area contributed by atoms with Crippen molar-refractivity contribution in [2.45, 2.75) is 160 Å². The molecule has 1 saturated carbocycles. The number of hydrogen-bond acceptors (Lipinski definition) is 15. The molecule has 1 aliphatic heterocycles. The fraction of sp³-hybridized carbons (Fsp3) is 0.745. The highest BCUT2D eigenvalue weighted by Crippen LogP contribution is 2.59. The van der Waals surface area contributed by atoms with Crippen molar-refractivity contribution in [1.82, 2.24) is 31.5 Å². The summed E-state index contributed by atoms with van der Waals surface area (Å²) in [5.74, 6) is -3.36. The molecule has 0 unspecified atom stereocenters. The van der Waals surface area contributed by atoms with Crippen molar-refractivity contribution < 1.29 is 67.1 Å². The zero-order chi connectivity index (χ0) is 54.0. The third-order valence-corrected chi connectivity index (χ3v) is 13.9. The quantitative estimate of drug-likeness (QED) is 0.0201. The Morgan fingerprint density at radius 2 is 1.23 bits per heavy atom. The standard InChI is InChI=1S/C51H84N8O14S/c1-51-30-40(49(67)57-32-38-29-37(36-74-38)48(52)53)59(41(51)31-51)46(64)33-56-45(63)35-73-28-26-71-24-22-55-44(62)34-72-27-25-70-23-21-54-42(60)20-19-39(50(68)69-2)58-43(61)17-15-13-11-9-7-5-3-4-6-8-10-12-14-16-18-47(65)66/h29,36,39-41H,3-28,30-35H2,1-2H3,(H3,52,53)(H,54,60)(H,55,62)(H,56,63)(H,57,67)(H,58,61)(H,65,66)/t39-,40-,41-,51+/m0/s1. The Kier molecular flexibility index (Phi) is 31.3. The van der Waals surface area contributed by atoms with Crippen molar-refractivity contribution in [3.63, 3.8) is 0 Å². The van der Waals surface area contributed by atoms with Gasteiger partial charge in [0.15, 0.2) is 0 Å². The molecule has 74 heavy (non-hydrogen) atoms. The number of esters is 1. The predicted molar refractivity (Wildman–Crippen MR) is 276 cm³/mol. The van der Waals surface area contributed by atoms with E-state index in [2.05, 4.69) is 26.6 Å². The van der Waals surface area contributed by atoms with Crippen LogP contribution in [-0.2, 0) is 68.6 Å². The lowest BCUT2D eigenvalue weighted by atomic mass is 10.0. The number of fused-ring (bicyclic) bond motifs is 1. The lowest BCUT2D eigenvalue weighted by molar-refractivity contribution is -0.145. The van der Waals surface area contributed by atoms with Gasteiger partial charge in [0.2, 0.25) is 35.4 Å². The zero-order valence-electron chi connectivity index (χ0n) is 43.7. The Bertz CT molecular complexity index is 1920. The van der Waals surface area contributed by atoms with Gasteiger partial charge in [0.25, 0.3) is 0 Å². The van der Waals surface area contributed by atoms with Gasteiger partial charge in [-0.1, -0.05) is 84.0 Å². The van der Waals surface area contributed by atoms with Crippen molar-refractivity contribution in [3.05, 3.63) is 21.9 Å². The predicted octanol–water partition coefficient (Wildman–Crippen LogP) is 3.21. The molecule has 9 N–H and O–H groups in total. The number of carboxylic acid groups (broad SMARTS) is 1. The molecule has 6 amide bonds. The van der Waals surface area contributed by atoms with E-state index in [1.54, 1.807) is 16.3 Å². The first kappa shape index (κ1) is 63.1. The van der Waals surface area contributed by atoms with Crippen LogP contribution in [0.4, 0.5) is 0 Å². The van der Waals surface area contributed by atoms with Crippen LogP contribution in [0, 0.1) is 10.8 Å². The number of carboxylic acids is 1. The van der Waals surface area contributed by atoms with Crippen LogP contribution < -0.4 is 32.3 Å². The number of rotatable bonds is 44. The number of methoxy groups -OCH3 is 1. The summed E-state index contributed by atoms with van der Waals surface area (Å²) in [4.78, 5) is 101. The number of likely N-dealkylation sites (tertiary alicyclic amines) is 1. The summed E-state index contributed by atoms with van der Waals surface area (Å²) in [5, 5.41) is 31.5. The summed E-state index contributed by atoms with van der Waals surface area (Å²) < 4.78 is 26.4. The Balaban J connectivity index is 1.08. The van der Waals surface area contributed by atoms with Gasteiger partial charge >= 0.3 is 11.9 Å². The van der Waals surface area contributed by atoms with Crippen LogP contribution in [0.2, 0.25) is 0 Å². The fourth-order valence-corrected chi connectivity index (χ4v) is 9.46. The molecule has 0 spiro atoms. The number of piperidine rings is 1. The number of amides is 6. The topological polar surface area (TPSA) is 316 Å². The first-order valence-electron chi connectivity index (χ1n) is 26.3. The van der Waals surface area contributed by atoms with Gasteiger partial charge in [-0.2, -0.15) is 0 Å². The number of amidine groups is 1. The van der Waals surface area contributed by atoms with Gasteiger partial charge in [0, 0.05) is 54.2 Å². The van der Waals surface area contributed by atoms with E-state index in [-0.39, 0.29) is 145 Å². The van der Waals surface area contributed by atoms with E-state index < -0.39 is 29.9 Å². The molecular weight excluding hydrogens is 981 g/mol. The van der Waals surface area contributed by atoms with E-state index in [1.807, 2.05) is 6.92 Å². The summed E-state index contributed by atoms with van der Waals surface area (Å²) >= 11 is 1.39. The van der Waals surface area contributed by atoms with E-state index in [0.29, 0.717) is 18.4 Å². The minimum absolute atomic E-state index is 0.00498. The molecule has 3 rings (SSSR count). The number of nitrogens with one attached hydrogen (secondary N) is 6. The molecule has 1 aromatic heterocycles. The normalized spacial score (nSPS) is 16.9. The molecule has 4 atom stereocenters. The van der Waals surface area contributed by atoms with Gasteiger partial charge in [-0.3, -0.25) is 39.0 Å². The number of carbonyl (C=O) groups is 8. The second-order valence-corrected chi connectivity index (χ2v) is 20.2. The second kappa shape index (κ2) is 36.7. The Labute approximate surface area is 439 Å². The smallest absolute Gasteiger partial charge is 0.328 e. The first-order chi connectivity index (χ1) is 35.6. The van der Waals surface area contributed by atoms with Crippen LogP contribution in [0.3, 0.4) is 0 Å². The highest BCUT2D eigenvalue weighted by Gasteiger charge is 2.64. The van der Waals surface area contributed by atoms with Crippen LogP contribution in [0.25, 0.3) is 0 Å². The zero-order valence-corrected chi connectivity index (χ0v) is 44.5. The fourth-order valence-electron chi connectivity index (χ4n) is 8.63. The molecule has 0 bridgehead atoms. The molecule has 1 aliphatic carbocycles. The number of nitrogens with two attached hydrogens (primary N) is 1. The SMILES string of the molecule is COC(=O)[C@H](CCC(=O)NCCOCCOCC(=O)NCCOCCOCC(=O)NCC(=O)N1[C@H]2C[C@@]2(C)C[C@H]1C(=O)NCc1cc(C(=N)N)cs1)NC(=O)CCCCCCCCCCCCCCCCC(=O)O. The summed E-state index contributed by atoms with van der Waals surface area (Å²) in [6.45, 7) is 3.04. The molecule has 0 radical (unpaired) electrons. The third-order valence-electron chi connectivity index (χ3n) is 12.9. The molecular formula is C51H84N8O14S. The van der Waals surface area contributed by atoms with E-state index in [4.69, 9.17) is 39.9 Å². The van der Waals surface area contributed by atoms with E-state index >= 15 is 0 Å². The molecule has 418 valence electrons. The van der Waals surface area contributed by atoms with Crippen LogP contribution in [0.1, 0.15) is 146 Å². The van der Waals surface area contributed by atoms with Gasteiger partial charge in [0.1, 0.15) is 31.1 Å². The molecule has 2 heterocycles. The molecule has 2 fully saturated rings. The molecule has 1 aromatic rings. The highest BCUT2D eigenvalue weighted by atomic mass is 32.1. The Hall–Kier alpha value is -5.23. The maximum Gasteiger partial charge on any atom is 0.328 e. The molecule has 23 heteroatoms. The molecule has 22 nitrogen and oxygen atoms in total. The number of carbonyl (C=O) groups excluding carboxylic acids is 7. The maximum atomic E-state index is 13.2. The Morgan fingerprint density at radius 1 is 0.703 bits per heavy atom. The van der Waals surface area contributed by atoms with Gasteiger partial charge in [-0.25, -0.2) is 4.79 Å². The summed E-state index contributed by atoms with van der Waals surface area (Å²) in [5.41, 5.74) is 6.00. The van der Waals surface area contributed by atoms with E-state index in [1.165, 1.54) is 63.4 Å². The second-order valence-electron chi connectivity index (χ2n) is 19.2. The summed E-state index contributed by atoms with van der Waals surface area (Å²) in [6, 6.07) is 0.136. The lowest BCUT2D eigenvalue weighted by Gasteiger charge is -2.27. The van der Waals surface area contributed by atoms with E-state index in [0.717, 1.165) is 56.2 Å². The van der Waals surface area contributed by atoms with Crippen LogP contribution in [-0.4, -0.2) is 161 Å². The van der Waals surface area contributed by atoms with Crippen LogP contribution in [0.5, 0.6) is 0 Å². The van der Waals surface area contributed by atoms with Gasteiger partial charge in [-0.05, 0) is 43.6 Å². The van der Waals surface area contributed by atoms with Crippen molar-refractivity contribution in [1.29, 1.82) is 5.41 Å². The van der Waals surface area contributed by atoms with Gasteiger partial charge < -0.3 is 66.0 Å². The summed E-state index contributed by atoms with van der Waals surface area (Å²) in [6.07, 6.45) is 17.2. The largest absolute Gasteiger partial charge is 0.481 e. The number of aliphatic carboxylic acids is 1. The minimum Gasteiger partial charge on any atom is -0.481 e. The maximum absolute atomic E-state index is 13.2. The number of hydrogen-bond donors (Lipinski definition) is 8. The van der Waals surface area contributed by atoms with Crippen molar-refractivity contribution in [2.75, 3.05) is 79.6 Å². The van der Waals surface area contributed by atoms with Crippen LogP contribution in [0.15, 0.2) is 11.4 Å². The van der Waals surface area contributed by atoms with Gasteiger partial charge in [-0.15, -0.1) is 11.3 Å². The number of nitrogens with zero attached hydrogens (tertiary/aromatic N) is 1. The molecule has 0 aromatic carbocycles. The first-order valence-corrected chi connectivity index (χ1v) is 27.2. The number of unbranched alkanes of at least 4 members (excludes halogenated alkanes) is 13. The number of nitrogen functional groups attached to an aromatic ring is 1. The summed E-state index contributed by atoms with van der Waals surface area (Å²) in [7, 11) is 1.24. The number of thiophene rings is 1. The third kappa shape index (κ3) is 26.8. The monoisotopic (exact) mass is 1060 g/mol. The van der Waals surface area contributed by atoms with Crippen molar-refractivity contribution in [3.8, 4) is 0 Å². The molecule has 2 aliphatic rings. The average molecular weight is 1070 g/mol. The van der Waals surface area contributed by atoms with Crippen molar-refractivity contribution >= 4 is 64.6 Å². The average Bonchev–Trinajstić information content (AvgIpc) is 3.63. The van der Waals surface area contributed by atoms with E-state index in [9.17, 15) is 38.4 Å². The van der Waals surface area contributed by atoms with Crippen molar-refractivity contribution in [2.24, 2.45) is 11.1 Å². The Morgan fingerprint density at radius 3 is 1.77 bits per heavy atom. The van der Waals surface area contributed by atoms with Crippen LogP contribution >= 0.6 is 11.3 Å². The molecule has 1 saturated heterocycles. The van der Waals surface area contributed by atoms with Gasteiger partial charge in [0.05, 0.1) is 59.8 Å². The lowest BCUT2D eigenvalue weighted by Crippen LogP contribution is -2.50. The number of ether oxygens (including phenoxy) is 5.